The van der Waals surface area contributed by atoms with Crippen LogP contribution in [0, 0.1) is 6.92 Å². The lowest BCUT2D eigenvalue weighted by molar-refractivity contribution is 0.589. The largest absolute Gasteiger partial charge is 0.369 e. The van der Waals surface area contributed by atoms with Gasteiger partial charge in [-0.2, -0.15) is 5.10 Å². The van der Waals surface area contributed by atoms with Gasteiger partial charge in [0.05, 0.1) is 0 Å². The lowest BCUT2D eigenvalue weighted by Crippen LogP contribution is -2.43. The zero-order valence-electron chi connectivity index (χ0n) is 13.4. The average Bonchev–Trinajstić information content (AvgIpc) is 2.97. The Bertz CT molecular complexity index is 817. The van der Waals surface area contributed by atoms with Gasteiger partial charge in [-0.05, 0) is 18.6 Å². The van der Waals surface area contributed by atoms with Gasteiger partial charge in [0.25, 0.3) is 0 Å². The minimum Gasteiger partial charge on any atom is -0.369 e. The fourth-order valence-corrected chi connectivity index (χ4v) is 3.12. The highest BCUT2D eigenvalue weighted by Gasteiger charge is 2.12. The number of benzene rings is 1. The predicted molar refractivity (Wildman–Crippen MR) is 92.1 cm³/mol. The van der Waals surface area contributed by atoms with E-state index in [9.17, 15) is 0 Å². The second-order valence-corrected chi connectivity index (χ2v) is 6.12. The fourth-order valence-electron chi connectivity index (χ4n) is 3.12. The topological polar surface area (TPSA) is 45.5 Å². The van der Waals surface area contributed by atoms with Crippen molar-refractivity contribution >= 4 is 11.3 Å². The molecule has 1 aromatic carbocycles. The molecular weight excluding hydrogens is 286 g/mol. The minimum atomic E-state index is 0.770. The van der Waals surface area contributed by atoms with Crippen LogP contribution in [0.1, 0.15) is 17.0 Å². The van der Waals surface area contributed by atoms with E-state index >= 15 is 0 Å². The van der Waals surface area contributed by atoms with Crippen molar-refractivity contribution < 1.29 is 0 Å². The summed E-state index contributed by atoms with van der Waals surface area (Å²) in [7, 11) is 0. The summed E-state index contributed by atoms with van der Waals surface area (Å²) in [6.07, 6.45) is 2.78. The summed E-state index contributed by atoms with van der Waals surface area (Å²) in [5.74, 6) is 0.869. The Hall–Kier alpha value is -2.40. The van der Waals surface area contributed by atoms with Crippen molar-refractivity contribution in [2.24, 2.45) is 0 Å². The van der Waals surface area contributed by atoms with E-state index < -0.39 is 0 Å². The van der Waals surface area contributed by atoms with Gasteiger partial charge in [0.15, 0.2) is 11.5 Å². The first-order chi connectivity index (χ1) is 11.3. The predicted octanol–water partition coefficient (Wildman–Crippen LogP) is 2.04. The monoisotopic (exact) mass is 307 g/mol. The number of rotatable bonds is 3. The molecule has 1 N–H and O–H groups in total. The lowest BCUT2D eigenvalue weighted by atomic mass is 10.1. The van der Waals surface area contributed by atoms with E-state index in [1.165, 1.54) is 16.8 Å². The normalized spacial score (nSPS) is 15.3. The van der Waals surface area contributed by atoms with Gasteiger partial charge in [0.2, 0.25) is 0 Å². The number of fused-ring (bicyclic) bond motifs is 1. The molecule has 2 aromatic heterocycles. The highest BCUT2D eigenvalue weighted by atomic mass is 15.3. The van der Waals surface area contributed by atoms with E-state index in [4.69, 9.17) is 4.98 Å². The van der Waals surface area contributed by atoms with Crippen LogP contribution in [0.3, 0.4) is 0 Å². The SMILES string of the molecule is Cc1cccc(Cc2nc3cc(N4CCNCC4)ccn3n2)c1. The number of nitrogens with one attached hydrogen (secondary N) is 1. The van der Waals surface area contributed by atoms with Crippen molar-refractivity contribution in [2.75, 3.05) is 31.1 Å². The third kappa shape index (κ3) is 3.05. The Labute approximate surface area is 136 Å². The van der Waals surface area contributed by atoms with Crippen molar-refractivity contribution in [1.82, 2.24) is 19.9 Å². The quantitative estimate of drug-likeness (QED) is 0.804. The zero-order chi connectivity index (χ0) is 15.6. The number of anilines is 1. The number of hydrogen-bond donors (Lipinski definition) is 1. The van der Waals surface area contributed by atoms with Crippen LogP contribution in [0.15, 0.2) is 42.6 Å². The van der Waals surface area contributed by atoms with Gasteiger partial charge in [-0.3, -0.25) is 0 Å². The highest BCUT2D eigenvalue weighted by molar-refractivity contribution is 5.56. The van der Waals surface area contributed by atoms with Crippen molar-refractivity contribution in [3.8, 4) is 0 Å². The van der Waals surface area contributed by atoms with Crippen molar-refractivity contribution in [3.05, 3.63) is 59.5 Å². The van der Waals surface area contributed by atoms with E-state index in [1.807, 2.05) is 10.7 Å². The molecule has 0 atom stereocenters. The molecule has 0 saturated carbocycles. The summed E-state index contributed by atoms with van der Waals surface area (Å²) in [5, 5.41) is 7.98. The Morgan fingerprint density at radius 1 is 1.13 bits per heavy atom. The number of aromatic nitrogens is 3. The first-order valence-corrected chi connectivity index (χ1v) is 8.14. The Balaban J connectivity index is 1.60. The molecule has 118 valence electrons. The van der Waals surface area contributed by atoms with Crippen LogP contribution in [0.4, 0.5) is 5.69 Å². The summed E-state index contributed by atoms with van der Waals surface area (Å²) < 4.78 is 1.87. The molecule has 1 saturated heterocycles. The maximum Gasteiger partial charge on any atom is 0.157 e. The third-order valence-electron chi connectivity index (χ3n) is 4.29. The van der Waals surface area contributed by atoms with Gasteiger partial charge in [-0.25, -0.2) is 9.50 Å². The summed E-state index contributed by atoms with van der Waals surface area (Å²) >= 11 is 0. The smallest absolute Gasteiger partial charge is 0.157 e. The molecule has 1 aliphatic rings. The lowest BCUT2D eigenvalue weighted by Gasteiger charge is -2.29. The van der Waals surface area contributed by atoms with Gasteiger partial charge in [-0.1, -0.05) is 29.8 Å². The van der Waals surface area contributed by atoms with E-state index in [-0.39, 0.29) is 0 Å². The summed E-state index contributed by atoms with van der Waals surface area (Å²) in [6.45, 7) is 6.27. The molecule has 0 aliphatic carbocycles. The van der Waals surface area contributed by atoms with E-state index in [2.05, 4.69) is 58.6 Å². The Kier molecular flexibility index (Phi) is 3.71. The molecule has 0 unspecified atom stereocenters. The number of hydrogen-bond acceptors (Lipinski definition) is 4. The molecule has 0 bridgehead atoms. The number of nitrogens with zero attached hydrogens (tertiary/aromatic N) is 4. The van der Waals surface area contributed by atoms with Gasteiger partial charge in [-0.15, -0.1) is 0 Å². The second-order valence-electron chi connectivity index (χ2n) is 6.12. The Morgan fingerprint density at radius 3 is 2.83 bits per heavy atom. The molecular formula is C18H21N5. The maximum atomic E-state index is 4.70. The van der Waals surface area contributed by atoms with Crippen LogP contribution >= 0.6 is 0 Å². The molecule has 5 heteroatoms. The molecule has 5 nitrogen and oxygen atoms in total. The number of aryl methyl sites for hydroxylation is 1. The fraction of sp³-hybridized carbons (Fsp3) is 0.333. The van der Waals surface area contributed by atoms with Crippen LogP contribution in [-0.4, -0.2) is 40.8 Å². The second kappa shape index (κ2) is 6.01. The van der Waals surface area contributed by atoms with Crippen LogP contribution in [0.25, 0.3) is 5.65 Å². The van der Waals surface area contributed by atoms with Crippen LogP contribution in [0.5, 0.6) is 0 Å². The van der Waals surface area contributed by atoms with Gasteiger partial charge < -0.3 is 10.2 Å². The van der Waals surface area contributed by atoms with Gasteiger partial charge in [0.1, 0.15) is 0 Å². The van der Waals surface area contributed by atoms with Crippen molar-refractivity contribution in [1.29, 1.82) is 0 Å². The minimum absolute atomic E-state index is 0.770. The molecule has 3 aromatic rings. The first-order valence-electron chi connectivity index (χ1n) is 8.14. The third-order valence-corrected chi connectivity index (χ3v) is 4.29. The summed E-state index contributed by atoms with van der Waals surface area (Å²) in [6, 6.07) is 12.8. The van der Waals surface area contributed by atoms with Crippen LogP contribution in [0.2, 0.25) is 0 Å². The maximum absolute atomic E-state index is 4.70. The highest BCUT2D eigenvalue weighted by Crippen LogP contribution is 2.17. The van der Waals surface area contributed by atoms with Crippen LogP contribution in [-0.2, 0) is 6.42 Å². The van der Waals surface area contributed by atoms with Crippen molar-refractivity contribution in [3.63, 3.8) is 0 Å². The summed E-state index contributed by atoms with van der Waals surface area (Å²) in [5.41, 5.74) is 4.67. The zero-order valence-corrected chi connectivity index (χ0v) is 13.4. The van der Waals surface area contributed by atoms with Gasteiger partial charge >= 0.3 is 0 Å². The molecule has 4 rings (SSSR count). The standard InChI is InChI=1S/C18H21N5/c1-14-3-2-4-15(11-14)12-17-20-18-13-16(5-8-23(18)21-17)22-9-6-19-7-10-22/h2-5,8,11,13,19H,6-7,9-10,12H2,1H3. The molecule has 0 radical (unpaired) electrons. The number of piperazine rings is 1. The Morgan fingerprint density at radius 2 is 2.00 bits per heavy atom. The molecule has 3 heterocycles. The molecule has 0 amide bonds. The van der Waals surface area contributed by atoms with Gasteiger partial charge in [0, 0.05) is 50.6 Å². The van der Waals surface area contributed by atoms with E-state index in [1.54, 1.807) is 0 Å². The average molecular weight is 307 g/mol. The number of pyridine rings is 1. The van der Waals surface area contributed by atoms with Crippen molar-refractivity contribution in [2.45, 2.75) is 13.3 Å². The summed E-state index contributed by atoms with van der Waals surface area (Å²) in [4.78, 5) is 7.10. The van der Waals surface area contributed by atoms with Crippen LogP contribution < -0.4 is 10.2 Å². The molecule has 1 fully saturated rings. The molecule has 1 aliphatic heterocycles. The first kappa shape index (κ1) is 14.2. The van der Waals surface area contributed by atoms with E-state index in [0.717, 1.165) is 44.1 Å². The molecule has 23 heavy (non-hydrogen) atoms. The molecule has 0 spiro atoms. The van der Waals surface area contributed by atoms with E-state index in [0.29, 0.717) is 0 Å².